The number of unbranched alkanes of at least 4 members (excludes halogenated alkanes) is 34. The van der Waals surface area contributed by atoms with Gasteiger partial charge in [0.1, 0.15) is 13.2 Å². The van der Waals surface area contributed by atoms with E-state index in [1.165, 1.54) is 161 Å². The van der Waals surface area contributed by atoms with Crippen molar-refractivity contribution in [2.75, 3.05) is 13.2 Å². The molecule has 0 N–H and O–H groups in total. The minimum absolute atomic E-state index is 0.0752. The van der Waals surface area contributed by atoms with Gasteiger partial charge >= 0.3 is 17.9 Å². The fourth-order valence-corrected chi connectivity index (χ4v) is 8.22. The van der Waals surface area contributed by atoms with Crippen LogP contribution >= 0.6 is 0 Å². The normalized spacial score (nSPS) is 12.2. The van der Waals surface area contributed by atoms with Crippen molar-refractivity contribution in [1.29, 1.82) is 0 Å². The van der Waals surface area contributed by atoms with Crippen molar-refractivity contribution in [2.45, 2.75) is 303 Å². The molecular weight excluding hydrogens is 793 g/mol. The van der Waals surface area contributed by atoms with Gasteiger partial charge in [0.15, 0.2) is 6.10 Å². The van der Waals surface area contributed by atoms with E-state index < -0.39 is 6.10 Å². The van der Waals surface area contributed by atoms with Gasteiger partial charge in [0.2, 0.25) is 0 Å². The molecule has 0 aliphatic heterocycles. The molecule has 0 fully saturated rings. The van der Waals surface area contributed by atoms with E-state index in [-0.39, 0.29) is 31.1 Å². The molecule has 0 radical (unpaired) electrons. The molecule has 0 heterocycles. The third kappa shape index (κ3) is 50.6. The van der Waals surface area contributed by atoms with Crippen molar-refractivity contribution in [3.05, 3.63) is 36.5 Å². The van der Waals surface area contributed by atoms with Gasteiger partial charge in [0.05, 0.1) is 0 Å². The van der Waals surface area contributed by atoms with Gasteiger partial charge in [0, 0.05) is 19.3 Å². The predicted molar refractivity (Wildman–Crippen MR) is 275 cm³/mol. The number of esters is 3. The van der Waals surface area contributed by atoms with Crippen molar-refractivity contribution in [3.8, 4) is 0 Å². The van der Waals surface area contributed by atoms with Gasteiger partial charge in [-0.1, -0.05) is 263 Å². The molecule has 0 spiro atoms. The number of rotatable bonds is 51. The first-order valence-corrected chi connectivity index (χ1v) is 28.0. The molecule has 0 saturated heterocycles. The van der Waals surface area contributed by atoms with E-state index in [0.717, 1.165) is 96.3 Å². The third-order valence-corrected chi connectivity index (χ3v) is 12.4. The average Bonchev–Trinajstić information content (AvgIpc) is 3.29. The zero-order chi connectivity index (χ0) is 46.5. The summed E-state index contributed by atoms with van der Waals surface area (Å²) in [5.74, 6) is -0.883. The SMILES string of the molecule is CC/C=C\C/C=C\C/C=C\CCCCCCCC(=O)OC(COC(=O)CCCCCCCCCC)COC(=O)CCCCCCCCCCCCCCCCCCCCCCCCC. The summed E-state index contributed by atoms with van der Waals surface area (Å²) >= 11 is 0. The van der Waals surface area contributed by atoms with Crippen LogP contribution in [0.3, 0.4) is 0 Å². The molecule has 0 aromatic heterocycles. The van der Waals surface area contributed by atoms with Gasteiger partial charge < -0.3 is 14.2 Å². The minimum atomic E-state index is -0.775. The molecular formula is C58H106O6. The lowest BCUT2D eigenvalue weighted by atomic mass is 10.0. The zero-order valence-corrected chi connectivity index (χ0v) is 42.8. The first-order valence-electron chi connectivity index (χ1n) is 28.0. The Balaban J connectivity index is 4.17. The van der Waals surface area contributed by atoms with Crippen molar-refractivity contribution >= 4 is 17.9 Å². The Morgan fingerprint density at radius 2 is 0.609 bits per heavy atom. The Bertz CT molecular complexity index is 1080. The van der Waals surface area contributed by atoms with E-state index in [9.17, 15) is 14.4 Å². The minimum Gasteiger partial charge on any atom is -0.462 e. The van der Waals surface area contributed by atoms with Gasteiger partial charge in [-0.3, -0.25) is 14.4 Å². The van der Waals surface area contributed by atoms with Gasteiger partial charge in [-0.15, -0.1) is 0 Å². The van der Waals surface area contributed by atoms with Crippen molar-refractivity contribution in [2.24, 2.45) is 0 Å². The Labute approximate surface area is 397 Å². The smallest absolute Gasteiger partial charge is 0.306 e. The highest BCUT2D eigenvalue weighted by Crippen LogP contribution is 2.17. The summed E-state index contributed by atoms with van der Waals surface area (Å²) in [5.41, 5.74) is 0. The topological polar surface area (TPSA) is 78.9 Å². The Morgan fingerprint density at radius 3 is 0.953 bits per heavy atom. The van der Waals surface area contributed by atoms with Crippen LogP contribution < -0.4 is 0 Å². The number of hydrogen-bond acceptors (Lipinski definition) is 6. The van der Waals surface area contributed by atoms with Gasteiger partial charge in [-0.2, -0.15) is 0 Å². The summed E-state index contributed by atoms with van der Waals surface area (Å²) in [6, 6.07) is 0. The van der Waals surface area contributed by atoms with Crippen molar-refractivity contribution in [3.63, 3.8) is 0 Å². The van der Waals surface area contributed by atoms with E-state index >= 15 is 0 Å². The number of ether oxygens (including phenoxy) is 3. The highest BCUT2D eigenvalue weighted by atomic mass is 16.6. The third-order valence-electron chi connectivity index (χ3n) is 12.4. The maximum Gasteiger partial charge on any atom is 0.306 e. The molecule has 6 nitrogen and oxygen atoms in total. The second-order valence-corrected chi connectivity index (χ2v) is 18.8. The van der Waals surface area contributed by atoms with Gasteiger partial charge in [-0.25, -0.2) is 0 Å². The zero-order valence-electron chi connectivity index (χ0n) is 42.8. The molecule has 1 unspecified atom stereocenters. The lowest BCUT2D eigenvalue weighted by Crippen LogP contribution is -2.30. The summed E-state index contributed by atoms with van der Waals surface area (Å²) in [6.07, 6.45) is 63.0. The van der Waals surface area contributed by atoms with E-state index in [4.69, 9.17) is 14.2 Å². The van der Waals surface area contributed by atoms with Crippen LogP contribution in [0.25, 0.3) is 0 Å². The molecule has 6 heteroatoms. The molecule has 0 aromatic rings. The lowest BCUT2D eigenvalue weighted by Gasteiger charge is -2.18. The summed E-state index contributed by atoms with van der Waals surface area (Å²) in [5, 5.41) is 0. The molecule has 374 valence electrons. The number of carbonyl (C=O) groups is 3. The lowest BCUT2D eigenvalue weighted by molar-refractivity contribution is -0.167. The van der Waals surface area contributed by atoms with Crippen LogP contribution in [-0.4, -0.2) is 37.2 Å². The second kappa shape index (κ2) is 53.2. The fraction of sp³-hybridized carbons (Fsp3) is 0.845. The number of hydrogen-bond donors (Lipinski definition) is 0. The van der Waals surface area contributed by atoms with E-state index in [1.54, 1.807) is 0 Å². The first kappa shape index (κ1) is 61.6. The highest BCUT2D eigenvalue weighted by Gasteiger charge is 2.19. The van der Waals surface area contributed by atoms with Crippen molar-refractivity contribution in [1.82, 2.24) is 0 Å². The van der Waals surface area contributed by atoms with Gasteiger partial charge in [0.25, 0.3) is 0 Å². The standard InChI is InChI=1S/C58H106O6/c1-4-7-10-13-16-19-21-23-25-26-27-28-29-30-31-32-34-35-37-39-42-45-48-51-57(60)63-54-55(53-62-56(59)50-47-44-41-18-15-12-9-6-3)64-58(61)52-49-46-43-40-38-36-33-24-22-20-17-14-11-8-5-2/h8,11,17,20,24,33,55H,4-7,9-10,12-16,18-19,21-23,25-32,34-54H2,1-3H3/b11-8-,20-17-,33-24-. The molecule has 0 bridgehead atoms. The largest absolute Gasteiger partial charge is 0.462 e. The summed E-state index contributed by atoms with van der Waals surface area (Å²) in [7, 11) is 0. The maximum atomic E-state index is 12.8. The summed E-state index contributed by atoms with van der Waals surface area (Å²) in [4.78, 5) is 37.9. The van der Waals surface area contributed by atoms with Crippen LogP contribution in [0.2, 0.25) is 0 Å². The molecule has 64 heavy (non-hydrogen) atoms. The molecule has 0 aliphatic rings. The predicted octanol–water partition coefficient (Wildman–Crippen LogP) is 18.5. The molecule has 0 rings (SSSR count). The Morgan fingerprint density at radius 1 is 0.328 bits per heavy atom. The van der Waals surface area contributed by atoms with E-state index in [0.29, 0.717) is 19.3 Å². The highest BCUT2D eigenvalue weighted by molar-refractivity contribution is 5.71. The van der Waals surface area contributed by atoms with Crippen molar-refractivity contribution < 1.29 is 28.6 Å². The van der Waals surface area contributed by atoms with E-state index in [2.05, 4.69) is 57.2 Å². The average molecular weight is 899 g/mol. The second-order valence-electron chi connectivity index (χ2n) is 18.8. The maximum absolute atomic E-state index is 12.8. The Kier molecular flexibility index (Phi) is 51.3. The van der Waals surface area contributed by atoms with Crippen LogP contribution in [0.1, 0.15) is 297 Å². The number of carbonyl (C=O) groups excluding carboxylic acids is 3. The van der Waals surface area contributed by atoms with Crippen LogP contribution in [0.5, 0.6) is 0 Å². The summed E-state index contributed by atoms with van der Waals surface area (Å²) < 4.78 is 16.8. The molecule has 0 amide bonds. The quantitative estimate of drug-likeness (QED) is 0.0262. The monoisotopic (exact) mass is 899 g/mol. The van der Waals surface area contributed by atoms with E-state index in [1.807, 2.05) is 0 Å². The summed E-state index contributed by atoms with van der Waals surface area (Å²) in [6.45, 7) is 6.52. The molecule has 0 aromatic carbocycles. The van der Waals surface area contributed by atoms with Gasteiger partial charge in [-0.05, 0) is 51.4 Å². The molecule has 1 atom stereocenters. The van der Waals surface area contributed by atoms with Crippen LogP contribution in [0.15, 0.2) is 36.5 Å². The first-order chi connectivity index (χ1) is 31.5. The molecule has 0 saturated carbocycles. The molecule has 0 aliphatic carbocycles. The fourth-order valence-electron chi connectivity index (χ4n) is 8.22. The number of allylic oxidation sites excluding steroid dienone is 6. The van der Waals surface area contributed by atoms with Crippen LogP contribution in [0, 0.1) is 0 Å². The van der Waals surface area contributed by atoms with Crippen LogP contribution in [-0.2, 0) is 28.6 Å². The Hall–Kier alpha value is -2.37. The van der Waals surface area contributed by atoms with Crippen LogP contribution in [0.4, 0.5) is 0 Å².